The predicted octanol–water partition coefficient (Wildman–Crippen LogP) is 4.60. The van der Waals surface area contributed by atoms with Crippen LogP contribution in [0, 0.1) is 32.9 Å². The normalized spacial score (nSPS) is 16.2. The number of benzene rings is 3. The van der Waals surface area contributed by atoms with Crippen LogP contribution in [0.1, 0.15) is 50.2 Å². The number of likely N-dealkylation sites (tertiary alicyclic amines) is 2. The number of fused-ring (bicyclic) bond motifs is 1. The van der Waals surface area contributed by atoms with Gasteiger partial charge in [-0.2, -0.15) is 9.49 Å². The molecule has 2 fully saturated rings. The molecule has 6 aromatic rings. The van der Waals surface area contributed by atoms with Gasteiger partial charge in [-0.15, -0.1) is 0 Å². The summed E-state index contributed by atoms with van der Waals surface area (Å²) >= 11 is 1.89. The highest BCUT2D eigenvalue weighted by atomic mass is 127. The van der Waals surface area contributed by atoms with E-state index in [1.54, 1.807) is 29.2 Å². The largest absolute Gasteiger partial charge is 0.508 e. The van der Waals surface area contributed by atoms with Gasteiger partial charge in [0.1, 0.15) is 47.6 Å². The Morgan fingerprint density at radius 3 is 2.38 bits per heavy atom. The number of aliphatic hydroxyl groups is 1. The van der Waals surface area contributed by atoms with Crippen molar-refractivity contribution in [2.75, 3.05) is 38.1 Å². The van der Waals surface area contributed by atoms with Gasteiger partial charge in [0, 0.05) is 47.8 Å². The number of amides is 1. The number of nitrogens with zero attached hydrogens (tertiary/aromatic N) is 7. The van der Waals surface area contributed by atoms with E-state index < -0.39 is 71.1 Å². The minimum atomic E-state index is -1.41. The van der Waals surface area contributed by atoms with Crippen molar-refractivity contribution < 1.29 is 42.8 Å². The Morgan fingerprint density at radius 1 is 0.941 bits per heavy atom. The third-order valence-corrected chi connectivity index (χ3v) is 13.1. The summed E-state index contributed by atoms with van der Waals surface area (Å²) in [7, 11) is 1.23. The van der Waals surface area contributed by atoms with Crippen LogP contribution in [0.4, 0.5) is 24.5 Å². The standard InChI is InChI=1S/C46H47F3IN9O9/c1-23(2)30-16-31(36(62)17-35(30)61)40-53-54-46(67)59(40)28-6-4-25(32(47)15-28)18-56-11-8-24(9-12-56)42(63)57-13-10-26(19-57)45(66)68-21-29(60)20-58-22-51-41-37(43(58)64)39(38(49)44(65)55(41)3)52-34-7-5-27(50)14-33(34)48/h4-7,14-17,22-24,26,29,52,60-62H,8-13,18-21H2,1-3H3,(H,54,67)/t26-,29+/m1/s1. The van der Waals surface area contributed by atoms with Crippen molar-refractivity contribution in [2.45, 2.75) is 58.2 Å². The van der Waals surface area contributed by atoms with Gasteiger partial charge in [-0.05, 0) is 103 Å². The molecule has 2 aliphatic heterocycles. The summed E-state index contributed by atoms with van der Waals surface area (Å²) in [5, 5.41) is 40.3. The van der Waals surface area contributed by atoms with E-state index in [-0.39, 0.29) is 76.1 Å². The lowest BCUT2D eigenvalue weighted by molar-refractivity contribution is -0.151. The van der Waals surface area contributed by atoms with E-state index in [0.717, 1.165) is 20.0 Å². The zero-order valence-electron chi connectivity index (χ0n) is 37.0. The predicted molar refractivity (Wildman–Crippen MR) is 250 cm³/mol. The van der Waals surface area contributed by atoms with Crippen LogP contribution in [0.3, 0.4) is 0 Å². The topological polar surface area (TPSA) is 230 Å². The number of hydrogen-bond acceptors (Lipinski definition) is 13. The number of hydrogen-bond donors (Lipinski definition) is 5. The number of esters is 1. The number of aromatic amines is 1. The lowest BCUT2D eigenvalue weighted by Gasteiger charge is -2.33. The lowest BCUT2D eigenvalue weighted by atomic mass is 9.95. The van der Waals surface area contributed by atoms with Crippen molar-refractivity contribution in [1.29, 1.82) is 0 Å². The van der Waals surface area contributed by atoms with Gasteiger partial charge in [0.2, 0.25) is 11.7 Å². The number of carbonyl (C=O) groups excluding carboxylic acids is 2. The van der Waals surface area contributed by atoms with Gasteiger partial charge in [0.05, 0.1) is 35.1 Å². The average molecular weight is 1050 g/mol. The van der Waals surface area contributed by atoms with Crippen molar-refractivity contribution in [2.24, 2.45) is 18.9 Å². The summed E-state index contributed by atoms with van der Waals surface area (Å²) < 4.78 is 54.7. The number of phenols is 2. The lowest BCUT2D eigenvalue weighted by Crippen LogP contribution is -2.42. The molecular formula is C46H47F3IN9O9. The van der Waals surface area contributed by atoms with Crippen molar-refractivity contribution in [3.05, 3.63) is 118 Å². The zero-order valence-corrected chi connectivity index (χ0v) is 39.2. The molecule has 68 heavy (non-hydrogen) atoms. The molecule has 2 aliphatic rings. The minimum Gasteiger partial charge on any atom is -0.508 e. The number of aryl methyl sites for hydroxylation is 1. The van der Waals surface area contributed by atoms with Gasteiger partial charge in [-0.1, -0.05) is 19.9 Å². The maximum Gasteiger partial charge on any atom is 0.348 e. The molecule has 5 N–H and O–H groups in total. The fraction of sp³-hybridized carbons (Fsp3) is 0.370. The number of anilines is 2. The zero-order chi connectivity index (χ0) is 48.7. The molecule has 0 radical (unpaired) electrons. The van der Waals surface area contributed by atoms with Gasteiger partial charge in [-0.25, -0.2) is 28.2 Å². The summed E-state index contributed by atoms with van der Waals surface area (Å²) in [6, 6.07) is 11.1. The minimum absolute atomic E-state index is 0.0409. The van der Waals surface area contributed by atoms with Crippen LogP contribution < -0.4 is 22.1 Å². The van der Waals surface area contributed by atoms with E-state index >= 15 is 8.78 Å². The quantitative estimate of drug-likeness (QED) is 0.0788. The molecule has 0 bridgehead atoms. The van der Waals surface area contributed by atoms with E-state index in [0.29, 0.717) is 53.6 Å². The Hall–Kier alpha value is -6.53. The fourth-order valence-corrected chi connectivity index (χ4v) is 9.16. The Labute approximate surface area is 398 Å². The molecule has 3 aromatic carbocycles. The third-order valence-electron chi connectivity index (χ3n) is 12.5. The van der Waals surface area contributed by atoms with Crippen LogP contribution >= 0.6 is 22.6 Å². The molecule has 5 heterocycles. The van der Waals surface area contributed by atoms with E-state index in [2.05, 4.69) is 20.5 Å². The Bertz CT molecular complexity index is 3130. The fourth-order valence-electron chi connectivity index (χ4n) is 8.71. The summed E-state index contributed by atoms with van der Waals surface area (Å²) in [5.41, 5.74) is -2.30. The van der Waals surface area contributed by atoms with Crippen LogP contribution in [0.25, 0.3) is 28.1 Å². The number of H-pyrrole nitrogens is 1. The Kier molecular flexibility index (Phi) is 13.8. The molecule has 0 unspecified atom stereocenters. The van der Waals surface area contributed by atoms with Crippen LogP contribution in [0.2, 0.25) is 0 Å². The number of aliphatic hydroxyl groups excluding tert-OH is 1. The molecule has 0 saturated carbocycles. The number of carbonyl (C=O) groups is 2. The number of rotatable bonds is 13. The maximum atomic E-state index is 15.7. The highest BCUT2D eigenvalue weighted by Crippen LogP contribution is 2.38. The van der Waals surface area contributed by atoms with Gasteiger partial charge >= 0.3 is 11.7 Å². The van der Waals surface area contributed by atoms with Crippen LogP contribution in [0.15, 0.2) is 69.2 Å². The van der Waals surface area contributed by atoms with Crippen molar-refractivity contribution in [1.82, 2.24) is 38.7 Å². The monoisotopic (exact) mass is 1050 g/mol. The first-order chi connectivity index (χ1) is 32.4. The number of aromatic nitrogens is 6. The van der Waals surface area contributed by atoms with Crippen molar-refractivity contribution in [3.63, 3.8) is 0 Å². The molecule has 22 heteroatoms. The second kappa shape index (κ2) is 19.6. The van der Waals surface area contributed by atoms with E-state index in [1.165, 1.54) is 31.3 Å². The number of halogens is 4. The molecular weight excluding hydrogens is 1010 g/mol. The highest BCUT2D eigenvalue weighted by molar-refractivity contribution is 14.1. The molecule has 18 nitrogen and oxygen atoms in total. The van der Waals surface area contributed by atoms with Gasteiger partial charge in [0.25, 0.3) is 11.1 Å². The average Bonchev–Trinajstić information content (AvgIpc) is 3.96. The van der Waals surface area contributed by atoms with Gasteiger partial charge in [0.15, 0.2) is 11.5 Å². The van der Waals surface area contributed by atoms with Crippen LogP contribution in [0.5, 0.6) is 11.5 Å². The third kappa shape index (κ3) is 9.61. The second-order valence-corrected chi connectivity index (χ2v) is 18.6. The number of phenolic OH excluding ortho intramolecular Hbond substituents is 2. The molecule has 2 atom stereocenters. The van der Waals surface area contributed by atoms with Crippen LogP contribution in [-0.4, -0.2) is 105 Å². The molecule has 2 saturated heterocycles. The summed E-state index contributed by atoms with van der Waals surface area (Å²) in [6.45, 7) is 4.48. The molecule has 358 valence electrons. The second-order valence-electron chi connectivity index (χ2n) is 17.4. The highest BCUT2D eigenvalue weighted by Gasteiger charge is 2.36. The first-order valence-electron chi connectivity index (χ1n) is 21.8. The number of nitrogens with one attached hydrogen (secondary N) is 2. The van der Waals surface area contributed by atoms with E-state index in [4.69, 9.17) is 4.74 Å². The summed E-state index contributed by atoms with van der Waals surface area (Å²) in [5.74, 6) is -4.83. The first-order valence-corrected chi connectivity index (χ1v) is 22.9. The molecule has 3 aromatic heterocycles. The van der Waals surface area contributed by atoms with Crippen molar-refractivity contribution >= 4 is 56.9 Å². The smallest absolute Gasteiger partial charge is 0.348 e. The van der Waals surface area contributed by atoms with E-state index in [9.17, 15) is 43.7 Å². The number of piperidine rings is 1. The van der Waals surface area contributed by atoms with Gasteiger partial charge < -0.3 is 30.3 Å². The number of aromatic hydroxyl groups is 2. The Morgan fingerprint density at radius 2 is 1.68 bits per heavy atom. The number of pyridine rings is 1. The first kappa shape index (κ1) is 47.9. The molecule has 8 rings (SSSR count). The Balaban J connectivity index is 0.834. The van der Waals surface area contributed by atoms with Crippen molar-refractivity contribution in [3.8, 4) is 28.6 Å². The van der Waals surface area contributed by atoms with E-state index in [1.807, 2.05) is 41.3 Å². The summed E-state index contributed by atoms with van der Waals surface area (Å²) in [6.07, 6.45) is 0.997. The summed E-state index contributed by atoms with van der Waals surface area (Å²) in [4.78, 5) is 73.7. The molecule has 1 amide bonds. The van der Waals surface area contributed by atoms with Crippen LogP contribution in [-0.2, 0) is 34.5 Å². The SMILES string of the molecule is CC(C)c1cc(-c2n[nH]c(=O)n2-c2ccc(CN3CCC(C(=O)N4CC[C@@H](C(=O)OC[C@@H](O)Cn5cnc6c(c(Nc7ccc(I)cc7F)c(F)c(=O)n6C)c5=O)C4)CC3)c(F)c2)c(O)cc1O. The molecule has 0 aliphatic carbocycles. The molecule has 0 spiro atoms. The van der Waals surface area contributed by atoms with Gasteiger partial charge in [-0.3, -0.25) is 33.2 Å². The number of ether oxygens (including phenoxy) is 1. The maximum absolute atomic E-state index is 15.7.